The second-order valence-electron chi connectivity index (χ2n) is 5.63. The molecule has 4 rings (SSSR count). The van der Waals surface area contributed by atoms with Crippen LogP contribution < -0.4 is 10.2 Å². The summed E-state index contributed by atoms with van der Waals surface area (Å²) in [6.45, 7) is 4.11. The van der Waals surface area contributed by atoms with E-state index in [1.165, 1.54) is 11.3 Å². The van der Waals surface area contributed by atoms with E-state index in [1.54, 1.807) is 17.5 Å². The number of hydrogen-bond acceptors (Lipinski definition) is 7. The highest BCUT2D eigenvalue weighted by Gasteiger charge is 2.15. The lowest BCUT2D eigenvalue weighted by atomic mass is 10.1. The van der Waals surface area contributed by atoms with Gasteiger partial charge in [-0.2, -0.15) is 0 Å². The lowest BCUT2D eigenvalue weighted by Crippen LogP contribution is -2.36. The van der Waals surface area contributed by atoms with Crippen molar-refractivity contribution in [1.82, 2.24) is 9.97 Å². The predicted octanol–water partition coefficient (Wildman–Crippen LogP) is 4.37. The number of rotatable bonds is 5. The van der Waals surface area contributed by atoms with Gasteiger partial charge in [0.05, 0.1) is 25.5 Å². The summed E-state index contributed by atoms with van der Waals surface area (Å²) in [6, 6.07) is 8.34. The lowest BCUT2D eigenvalue weighted by Gasteiger charge is -2.26. The molecule has 0 aliphatic carbocycles. The average Bonchev–Trinajstić information content (AvgIpc) is 3.30. The summed E-state index contributed by atoms with van der Waals surface area (Å²) in [7, 11) is 0. The van der Waals surface area contributed by atoms with Gasteiger partial charge < -0.3 is 15.0 Å². The smallest absolute Gasteiger partial charge is 0.186 e. The van der Waals surface area contributed by atoms with Crippen LogP contribution in [0.4, 0.5) is 10.8 Å². The van der Waals surface area contributed by atoms with Gasteiger partial charge in [0.25, 0.3) is 0 Å². The molecule has 0 atom stereocenters. The Hall–Kier alpha value is -1.67. The molecule has 0 amide bonds. The number of aromatic nitrogens is 2. The molecule has 25 heavy (non-hydrogen) atoms. The Labute approximate surface area is 159 Å². The highest BCUT2D eigenvalue weighted by atomic mass is 35.5. The van der Waals surface area contributed by atoms with Crippen LogP contribution in [0, 0.1) is 0 Å². The minimum absolute atomic E-state index is 0.576. The Bertz CT molecular complexity index is 827. The molecule has 1 aromatic carbocycles. The van der Waals surface area contributed by atoms with Crippen molar-refractivity contribution in [2.45, 2.75) is 6.54 Å². The van der Waals surface area contributed by atoms with Crippen molar-refractivity contribution in [2.75, 3.05) is 36.5 Å². The summed E-state index contributed by atoms with van der Waals surface area (Å²) in [4.78, 5) is 12.2. The third-order valence-corrected chi connectivity index (χ3v) is 5.96. The van der Waals surface area contributed by atoms with Crippen LogP contribution in [0.15, 0.2) is 35.8 Å². The van der Waals surface area contributed by atoms with E-state index < -0.39 is 0 Å². The van der Waals surface area contributed by atoms with Crippen molar-refractivity contribution in [3.63, 3.8) is 0 Å². The van der Waals surface area contributed by atoms with Crippen molar-refractivity contribution in [3.05, 3.63) is 45.2 Å². The Morgan fingerprint density at radius 3 is 2.72 bits per heavy atom. The zero-order valence-corrected chi connectivity index (χ0v) is 15.8. The van der Waals surface area contributed by atoms with E-state index in [1.807, 2.05) is 0 Å². The fourth-order valence-corrected chi connectivity index (χ4v) is 4.42. The quantitative estimate of drug-likeness (QED) is 0.698. The molecule has 0 saturated carbocycles. The average molecular weight is 393 g/mol. The molecule has 8 heteroatoms. The number of thiazole rings is 2. The van der Waals surface area contributed by atoms with Crippen LogP contribution in [0.3, 0.4) is 0 Å². The molecule has 0 bridgehead atoms. The number of nitrogens with zero attached hydrogens (tertiary/aromatic N) is 3. The minimum Gasteiger partial charge on any atom is -0.380 e. The zero-order chi connectivity index (χ0) is 17.1. The van der Waals surface area contributed by atoms with E-state index in [4.69, 9.17) is 21.3 Å². The largest absolute Gasteiger partial charge is 0.380 e. The summed E-state index contributed by atoms with van der Waals surface area (Å²) >= 11 is 9.04. The summed E-state index contributed by atoms with van der Waals surface area (Å²) in [6.07, 6.45) is 1.80. The number of morpholine rings is 1. The van der Waals surface area contributed by atoms with Crippen LogP contribution in [0.2, 0.25) is 4.47 Å². The Morgan fingerprint density at radius 1 is 1.20 bits per heavy atom. The fourth-order valence-electron chi connectivity index (χ4n) is 2.61. The molecule has 0 radical (unpaired) electrons. The maximum atomic E-state index is 5.85. The van der Waals surface area contributed by atoms with E-state index in [0.29, 0.717) is 4.47 Å². The monoisotopic (exact) mass is 392 g/mol. The van der Waals surface area contributed by atoms with Gasteiger partial charge in [-0.1, -0.05) is 23.7 Å². The summed E-state index contributed by atoms with van der Waals surface area (Å²) in [5, 5.41) is 6.57. The van der Waals surface area contributed by atoms with Crippen molar-refractivity contribution in [1.29, 1.82) is 0 Å². The van der Waals surface area contributed by atoms with Gasteiger partial charge in [0.2, 0.25) is 0 Å². The molecule has 1 aliphatic heterocycles. The third kappa shape index (κ3) is 4.12. The van der Waals surface area contributed by atoms with Crippen molar-refractivity contribution < 1.29 is 4.74 Å². The molecule has 0 unspecified atom stereocenters. The van der Waals surface area contributed by atoms with Gasteiger partial charge in [-0.15, -0.1) is 22.7 Å². The molecular formula is C17H17ClN4OS2. The van der Waals surface area contributed by atoms with E-state index in [9.17, 15) is 0 Å². The lowest BCUT2D eigenvalue weighted by molar-refractivity contribution is 0.122. The van der Waals surface area contributed by atoms with E-state index in [2.05, 4.69) is 44.8 Å². The van der Waals surface area contributed by atoms with Gasteiger partial charge in [-0.3, -0.25) is 0 Å². The molecule has 3 aromatic rings. The van der Waals surface area contributed by atoms with Crippen molar-refractivity contribution in [2.24, 2.45) is 0 Å². The SMILES string of the molecule is Clc1ncc(CNc2ccc(-c3csc(N4CCOCC4)n3)cc2)s1. The summed E-state index contributed by atoms with van der Waals surface area (Å²) in [5.41, 5.74) is 3.21. The van der Waals surface area contributed by atoms with Crippen molar-refractivity contribution >= 4 is 45.1 Å². The minimum atomic E-state index is 0.576. The number of ether oxygens (including phenoxy) is 1. The number of benzene rings is 1. The van der Waals surface area contributed by atoms with Gasteiger partial charge in [0, 0.05) is 40.8 Å². The Kier molecular flexibility index (Phi) is 5.17. The molecular weight excluding hydrogens is 376 g/mol. The molecule has 1 aliphatic rings. The maximum absolute atomic E-state index is 5.85. The zero-order valence-electron chi connectivity index (χ0n) is 13.4. The van der Waals surface area contributed by atoms with E-state index >= 15 is 0 Å². The molecule has 130 valence electrons. The van der Waals surface area contributed by atoms with Gasteiger partial charge >= 0.3 is 0 Å². The first-order chi connectivity index (χ1) is 12.3. The number of hydrogen-bond donors (Lipinski definition) is 1. The molecule has 1 N–H and O–H groups in total. The molecule has 5 nitrogen and oxygen atoms in total. The first-order valence-corrected chi connectivity index (χ1v) is 10.1. The Balaban J connectivity index is 1.40. The van der Waals surface area contributed by atoms with Crippen LogP contribution in [-0.2, 0) is 11.3 Å². The van der Waals surface area contributed by atoms with Crippen molar-refractivity contribution in [3.8, 4) is 11.3 Å². The molecule has 0 spiro atoms. The molecule has 1 fully saturated rings. The summed E-state index contributed by atoms with van der Waals surface area (Å²) < 4.78 is 5.98. The van der Waals surface area contributed by atoms with Gasteiger partial charge in [0.15, 0.2) is 9.60 Å². The first-order valence-electron chi connectivity index (χ1n) is 8.01. The molecule has 2 aromatic heterocycles. The number of anilines is 2. The number of nitrogens with one attached hydrogen (secondary N) is 1. The molecule has 1 saturated heterocycles. The van der Waals surface area contributed by atoms with E-state index in [-0.39, 0.29) is 0 Å². The highest BCUT2D eigenvalue weighted by Crippen LogP contribution is 2.29. The van der Waals surface area contributed by atoms with Crippen LogP contribution in [0.5, 0.6) is 0 Å². The van der Waals surface area contributed by atoms with Gasteiger partial charge in [0.1, 0.15) is 0 Å². The van der Waals surface area contributed by atoms with E-state index in [0.717, 1.165) is 59.8 Å². The van der Waals surface area contributed by atoms with Crippen LogP contribution in [0.1, 0.15) is 4.88 Å². The standard InChI is InChI=1S/C17H17ClN4OS2/c18-16-20-10-14(25-16)9-19-13-3-1-12(2-4-13)15-11-24-17(21-15)22-5-7-23-8-6-22/h1-4,10-11,19H,5-9H2. The number of halogens is 1. The van der Waals surface area contributed by atoms with Gasteiger partial charge in [-0.25, -0.2) is 9.97 Å². The summed E-state index contributed by atoms with van der Waals surface area (Å²) in [5.74, 6) is 0. The predicted molar refractivity (Wildman–Crippen MR) is 105 cm³/mol. The normalized spacial score (nSPS) is 14.7. The topological polar surface area (TPSA) is 50.3 Å². The second kappa shape index (κ2) is 7.70. The highest BCUT2D eigenvalue weighted by molar-refractivity contribution is 7.15. The van der Waals surface area contributed by atoms with Gasteiger partial charge in [-0.05, 0) is 12.1 Å². The van der Waals surface area contributed by atoms with Crippen LogP contribution in [0.25, 0.3) is 11.3 Å². The fraction of sp³-hybridized carbons (Fsp3) is 0.294. The first kappa shape index (κ1) is 16.8. The molecule has 3 heterocycles. The van der Waals surface area contributed by atoms with Crippen LogP contribution in [-0.4, -0.2) is 36.3 Å². The van der Waals surface area contributed by atoms with Crippen LogP contribution >= 0.6 is 34.3 Å². The third-order valence-electron chi connectivity index (χ3n) is 3.95. The Morgan fingerprint density at radius 2 is 2.00 bits per heavy atom. The second-order valence-corrected chi connectivity index (χ2v) is 8.16. The maximum Gasteiger partial charge on any atom is 0.186 e.